The maximum absolute atomic E-state index is 12.5. The van der Waals surface area contributed by atoms with Gasteiger partial charge in [-0.1, -0.05) is 34.1 Å². The molecule has 0 radical (unpaired) electrons. The Balaban J connectivity index is 2.03. The molecule has 1 heterocycles. The molecule has 0 aliphatic rings. The lowest BCUT2D eigenvalue weighted by Gasteiger charge is -2.09. The van der Waals surface area contributed by atoms with Crippen LogP contribution in [0.3, 0.4) is 0 Å². The Morgan fingerprint density at radius 3 is 2.64 bits per heavy atom. The molecule has 0 fully saturated rings. The van der Waals surface area contributed by atoms with E-state index in [1.165, 1.54) is 0 Å². The largest absolute Gasteiger partial charge is 0.320 e. The van der Waals surface area contributed by atoms with E-state index in [-0.39, 0.29) is 17.2 Å². The molecule has 0 bridgehead atoms. The van der Waals surface area contributed by atoms with Crippen LogP contribution in [0.25, 0.3) is 10.8 Å². The SMILES string of the molecule is Cc1cc(Br)ccc1NC(=O)c1n[nH]c(=O)c2ccccc12. The normalized spacial score (nSPS) is 10.6. The summed E-state index contributed by atoms with van der Waals surface area (Å²) < 4.78 is 0.940. The minimum atomic E-state index is -0.363. The van der Waals surface area contributed by atoms with Crippen molar-refractivity contribution in [1.82, 2.24) is 10.2 Å². The van der Waals surface area contributed by atoms with Crippen LogP contribution in [-0.4, -0.2) is 16.1 Å². The monoisotopic (exact) mass is 357 g/mol. The fourth-order valence-electron chi connectivity index (χ4n) is 2.24. The van der Waals surface area contributed by atoms with Gasteiger partial charge in [-0.05, 0) is 36.8 Å². The highest BCUT2D eigenvalue weighted by Gasteiger charge is 2.14. The number of aryl methyl sites for hydroxylation is 1. The zero-order valence-electron chi connectivity index (χ0n) is 11.7. The number of fused-ring (bicyclic) bond motifs is 1. The Labute approximate surface area is 134 Å². The molecule has 1 aromatic heterocycles. The van der Waals surface area contributed by atoms with Crippen LogP contribution in [0.1, 0.15) is 16.1 Å². The van der Waals surface area contributed by atoms with Crippen molar-refractivity contribution in [1.29, 1.82) is 0 Å². The average molecular weight is 358 g/mol. The lowest BCUT2D eigenvalue weighted by Crippen LogP contribution is -2.19. The van der Waals surface area contributed by atoms with Gasteiger partial charge < -0.3 is 5.32 Å². The maximum atomic E-state index is 12.5. The standard InChI is InChI=1S/C16H12BrN3O2/c1-9-8-10(17)6-7-13(9)18-16(22)14-11-4-2-3-5-12(11)15(21)20-19-14/h2-8H,1H3,(H,18,22)(H,20,21). The van der Waals surface area contributed by atoms with Gasteiger partial charge in [0.15, 0.2) is 5.69 Å². The number of nitrogens with zero attached hydrogens (tertiary/aromatic N) is 1. The smallest absolute Gasteiger partial charge is 0.276 e. The topological polar surface area (TPSA) is 74.8 Å². The molecular formula is C16H12BrN3O2. The van der Waals surface area contributed by atoms with Crippen molar-refractivity contribution < 1.29 is 4.79 Å². The quantitative estimate of drug-likeness (QED) is 0.739. The van der Waals surface area contributed by atoms with Gasteiger partial charge in [0.1, 0.15) is 0 Å². The molecule has 0 saturated heterocycles. The van der Waals surface area contributed by atoms with Crippen LogP contribution in [0.5, 0.6) is 0 Å². The van der Waals surface area contributed by atoms with Crippen molar-refractivity contribution in [3.05, 3.63) is 68.5 Å². The molecule has 0 saturated carbocycles. The summed E-state index contributed by atoms with van der Waals surface area (Å²) in [6.07, 6.45) is 0. The Morgan fingerprint density at radius 2 is 1.91 bits per heavy atom. The van der Waals surface area contributed by atoms with Crippen molar-refractivity contribution in [2.24, 2.45) is 0 Å². The number of carbonyl (C=O) groups is 1. The number of hydrogen-bond acceptors (Lipinski definition) is 3. The molecule has 2 aromatic carbocycles. The van der Waals surface area contributed by atoms with E-state index < -0.39 is 0 Å². The second-order valence-electron chi connectivity index (χ2n) is 4.86. The third kappa shape index (κ3) is 2.65. The van der Waals surface area contributed by atoms with Crippen molar-refractivity contribution in [3.63, 3.8) is 0 Å². The van der Waals surface area contributed by atoms with Gasteiger partial charge in [-0.25, -0.2) is 5.10 Å². The molecule has 0 aliphatic heterocycles. The van der Waals surface area contributed by atoms with Crippen LogP contribution >= 0.6 is 15.9 Å². The third-order valence-corrected chi connectivity index (χ3v) is 3.84. The van der Waals surface area contributed by atoms with Gasteiger partial charge in [-0.15, -0.1) is 0 Å². The first-order chi connectivity index (χ1) is 10.6. The minimum absolute atomic E-state index is 0.192. The predicted molar refractivity (Wildman–Crippen MR) is 89.2 cm³/mol. The highest BCUT2D eigenvalue weighted by molar-refractivity contribution is 9.10. The van der Waals surface area contributed by atoms with Crippen molar-refractivity contribution in [2.75, 3.05) is 5.32 Å². The van der Waals surface area contributed by atoms with Crippen LogP contribution in [-0.2, 0) is 0 Å². The average Bonchev–Trinajstić information content (AvgIpc) is 2.50. The van der Waals surface area contributed by atoms with Crippen LogP contribution < -0.4 is 10.9 Å². The minimum Gasteiger partial charge on any atom is -0.320 e. The number of carbonyl (C=O) groups excluding carboxylic acids is 1. The molecule has 2 N–H and O–H groups in total. The Bertz CT molecular complexity index is 934. The van der Waals surface area contributed by atoms with Gasteiger partial charge in [-0.3, -0.25) is 9.59 Å². The van der Waals surface area contributed by atoms with E-state index in [9.17, 15) is 9.59 Å². The summed E-state index contributed by atoms with van der Waals surface area (Å²) in [5, 5.41) is 10.0. The highest BCUT2D eigenvalue weighted by atomic mass is 79.9. The number of rotatable bonds is 2. The highest BCUT2D eigenvalue weighted by Crippen LogP contribution is 2.21. The number of benzene rings is 2. The number of anilines is 1. The molecule has 3 aromatic rings. The first-order valence-corrected chi connectivity index (χ1v) is 7.40. The second kappa shape index (κ2) is 5.73. The first-order valence-electron chi connectivity index (χ1n) is 6.61. The zero-order chi connectivity index (χ0) is 15.7. The van der Waals surface area contributed by atoms with Crippen LogP contribution in [0, 0.1) is 6.92 Å². The lowest BCUT2D eigenvalue weighted by molar-refractivity contribution is 0.102. The Morgan fingerprint density at radius 1 is 1.18 bits per heavy atom. The molecule has 5 nitrogen and oxygen atoms in total. The number of halogens is 1. The van der Waals surface area contributed by atoms with E-state index in [1.54, 1.807) is 24.3 Å². The van der Waals surface area contributed by atoms with E-state index in [4.69, 9.17) is 0 Å². The number of aromatic amines is 1. The molecular weight excluding hydrogens is 346 g/mol. The fourth-order valence-corrected chi connectivity index (χ4v) is 2.71. The number of amides is 1. The molecule has 6 heteroatoms. The van der Waals surface area contributed by atoms with Crippen LogP contribution in [0.4, 0.5) is 5.69 Å². The van der Waals surface area contributed by atoms with Gasteiger partial charge in [0.2, 0.25) is 0 Å². The number of aromatic nitrogens is 2. The third-order valence-electron chi connectivity index (χ3n) is 3.35. The van der Waals surface area contributed by atoms with Gasteiger partial charge in [-0.2, -0.15) is 5.10 Å². The first kappa shape index (κ1) is 14.5. The van der Waals surface area contributed by atoms with E-state index in [2.05, 4.69) is 31.4 Å². The zero-order valence-corrected chi connectivity index (χ0v) is 13.3. The number of H-pyrrole nitrogens is 1. The summed E-state index contributed by atoms with van der Waals surface area (Å²) in [4.78, 5) is 24.2. The molecule has 0 atom stereocenters. The van der Waals surface area contributed by atoms with E-state index in [1.807, 2.05) is 25.1 Å². The Kier molecular flexibility index (Phi) is 3.77. The summed E-state index contributed by atoms with van der Waals surface area (Å²) in [7, 11) is 0. The second-order valence-corrected chi connectivity index (χ2v) is 5.78. The molecule has 0 unspecified atom stereocenters. The summed E-state index contributed by atoms with van der Waals surface area (Å²) >= 11 is 3.38. The van der Waals surface area contributed by atoms with E-state index >= 15 is 0 Å². The molecule has 110 valence electrons. The summed E-state index contributed by atoms with van der Waals surface area (Å²) in [6.45, 7) is 1.90. The molecule has 0 spiro atoms. The Hall–Kier alpha value is -2.47. The number of nitrogens with one attached hydrogen (secondary N) is 2. The molecule has 1 amide bonds. The number of hydrogen-bond donors (Lipinski definition) is 2. The summed E-state index contributed by atoms with van der Waals surface area (Å²) in [5.74, 6) is -0.363. The van der Waals surface area contributed by atoms with Gasteiger partial charge >= 0.3 is 0 Å². The van der Waals surface area contributed by atoms with Crippen molar-refractivity contribution in [2.45, 2.75) is 6.92 Å². The van der Waals surface area contributed by atoms with Gasteiger partial charge in [0, 0.05) is 15.5 Å². The molecule has 3 rings (SSSR count). The maximum Gasteiger partial charge on any atom is 0.276 e. The van der Waals surface area contributed by atoms with Crippen LogP contribution in [0.2, 0.25) is 0 Å². The summed E-state index contributed by atoms with van der Waals surface area (Å²) in [6, 6.07) is 12.5. The van der Waals surface area contributed by atoms with E-state index in [0.717, 1.165) is 10.0 Å². The van der Waals surface area contributed by atoms with E-state index in [0.29, 0.717) is 16.5 Å². The lowest BCUT2D eigenvalue weighted by atomic mass is 10.1. The van der Waals surface area contributed by atoms with Crippen molar-refractivity contribution >= 4 is 38.3 Å². The predicted octanol–water partition coefficient (Wildman–Crippen LogP) is 3.25. The van der Waals surface area contributed by atoms with Crippen LogP contribution in [0.15, 0.2) is 51.7 Å². The fraction of sp³-hybridized carbons (Fsp3) is 0.0625. The molecule has 0 aliphatic carbocycles. The van der Waals surface area contributed by atoms with Gasteiger partial charge in [0.05, 0.1) is 5.39 Å². The molecule has 22 heavy (non-hydrogen) atoms. The van der Waals surface area contributed by atoms with Crippen molar-refractivity contribution in [3.8, 4) is 0 Å². The summed E-state index contributed by atoms with van der Waals surface area (Å²) in [5.41, 5.74) is 1.51. The van der Waals surface area contributed by atoms with Gasteiger partial charge in [0.25, 0.3) is 11.5 Å².